The van der Waals surface area contributed by atoms with Crippen molar-refractivity contribution in [2.24, 2.45) is 0 Å². The van der Waals surface area contributed by atoms with Gasteiger partial charge in [-0.25, -0.2) is 13.1 Å². The molecular weight excluding hydrogens is 254 g/mol. The van der Waals surface area contributed by atoms with Crippen molar-refractivity contribution in [2.45, 2.75) is 26.8 Å². The van der Waals surface area contributed by atoms with E-state index in [9.17, 15) is 8.42 Å². The topological polar surface area (TPSA) is 107 Å². The van der Waals surface area contributed by atoms with Gasteiger partial charge in [-0.2, -0.15) is 10.2 Å². The minimum absolute atomic E-state index is 0.0657. The maximum absolute atomic E-state index is 11.5. The standard InChI is InChI=1S/C10H17N5O2S/c1-3-7-8-9(11)12-13-10(8)15(14-7)5-6-18(16,17)4-2/h3-6H2,1-2H3,(H3,11,12,13). The molecule has 0 fully saturated rings. The van der Waals surface area contributed by atoms with E-state index >= 15 is 0 Å². The molecule has 2 rings (SSSR count). The van der Waals surface area contributed by atoms with Crippen LogP contribution in [0.4, 0.5) is 5.82 Å². The first-order chi connectivity index (χ1) is 8.48. The second-order valence-electron chi connectivity index (χ2n) is 4.10. The van der Waals surface area contributed by atoms with Crippen LogP contribution in [-0.2, 0) is 22.8 Å². The Hall–Kier alpha value is -1.57. The van der Waals surface area contributed by atoms with Crippen molar-refractivity contribution in [3.63, 3.8) is 0 Å². The molecule has 0 unspecified atom stereocenters. The Kier molecular flexibility index (Phi) is 3.29. The molecule has 18 heavy (non-hydrogen) atoms. The Morgan fingerprint density at radius 2 is 2.11 bits per heavy atom. The van der Waals surface area contributed by atoms with Crippen molar-refractivity contribution in [1.29, 1.82) is 0 Å². The maximum Gasteiger partial charge on any atom is 0.182 e. The van der Waals surface area contributed by atoms with E-state index in [1.165, 1.54) is 0 Å². The predicted molar refractivity (Wildman–Crippen MR) is 70.0 cm³/mol. The molecule has 0 radical (unpaired) electrons. The van der Waals surface area contributed by atoms with Crippen LogP contribution >= 0.6 is 0 Å². The lowest BCUT2D eigenvalue weighted by atomic mass is 10.2. The molecule has 7 nitrogen and oxygen atoms in total. The number of aryl methyl sites for hydroxylation is 2. The Balaban J connectivity index is 2.34. The lowest BCUT2D eigenvalue weighted by molar-refractivity contribution is 0.582. The van der Waals surface area contributed by atoms with Crippen LogP contribution in [0.5, 0.6) is 0 Å². The fraction of sp³-hybridized carbons (Fsp3) is 0.600. The minimum Gasteiger partial charge on any atom is -0.383 e. The van der Waals surface area contributed by atoms with Crippen molar-refractivity contribution in [2.75, 3.05) is 17.2 Å². The summed E-state index contributed by atoms with van der Waals surface area (Å²) in [7, 11) is -3.01. The van der Waals surface area contributed by atoms with Gasteiger partial charge in [0.15, 0.2) is 15.5 Å². The molecule has 0 aromatic carbocycles. The first-order valence-electron chi connectivity index (χ1n) is 5.88. The highest BCUT2D eigenvalue weighted by Gasteiger charge is 2.16. The molecule has 8 heteroatoms. The summed E-state index contributed by atoms with van der Waals surface area (Å²) < 4.78 is 24.6. The van der Waals surface area contributed by atoms with Crippen molar-refractivity contribution in [3.8, 4) is 0 Å². The van der Waals surface area contributed by atoms with Crippen LogP contribution in [0.3, 0.4) is 0 Å². The minimum atomic E-state index is -3.01. The van der Waals surface area contributed by atoms with Gasteiger partial charge in [0.2, 0.25) is 0 Å². The second kappa shape index (κ2) is 4.60. The van der Waals surface area contributed by atoms with Crippen LogP contribution in [0.25, 0.3) is 11.0 Å². The lowest BCUT2D eigenvalue weighted by Crippen LogP contribution is -2.15. The number of aromatic amines is 1. The third kappa shape index (κ3) is 2.20. The summed E-state index contributed by atoms with van der Waals surface area (Å²) in [6.45, 7) is 3.91. The first kappa shape index (κ1) is 12.9. The number of anilines is 1. The molecule has 0 atom stereocenters. The highest BCUT2D eigenvalue weighted by molar-refractivity contribution is 7.91. The van der Waals surface area contributed by atoms with E-state index in [0.717, 1.165) is 17.5 Å². The third-order valence-corrected chi connectivity index (χ3v) is 4.62. The quantitative estimate of drug-likeness (QED) is 0.815. The van der Waals surface area contributed by atoms with E-state index in [1.807, 2.05) is 6.92 Å². The third-order valence-electron chi connectivity index (χ3n) is 2.94. The van der Waals surface area contributed by atoms with Crippen LogP contribution in [0.15, 0.2) is 0 Å². The summed E-state index contributed by atoms with van der Waals surface area (Å²) in [5.74, 6) is 0.684. The lowest BCUT2D eigenvalue weighted by Gasteiger charge is -2.01. The average molecular weight is 271 g/mol. The molecule has 0 amide bonds. The number of hydrogen-bond acceptors (Lipinski definition) is 5. The number of sulfone groups is 1. The largest absolute Gasteiger partial charge is 0.383 e. The van der Waals surface area contributed by atoms with Gasteiger partial charge < -0.3 is 5.73 Å². The van der Waals surface area contributed by atoms with Gasteiger partial charge in [0.1, 0.15) is 5.82 Å². The van der Waals surface area contributed by atoms with Crippen LogP contribution < -0.4 is 5.73 Å². The highest BCUT2D eigenvalue weighted by Crippen LogP contribution is 2.22. The molecule has 2 aromatic rings. The van der Waals surface area contributed by atoms with Gasteiger partial charge >= 0.3 is 0 Å². The van der Waals surface area contributed by atoms with E-state index in [4.69, 9.17) is 5.73 Å². The molecule has 0 saturated heterocycles. The molecule has 0 aliphatic carbocycles. The smallest absolute Gasteiger partial charge is 0.182 e. The number of H-pyrrole nitrogens is 1. The van der Waals surface area contributed by atoms with Gasteiger partial charge in [-0.1, -0.05) is 13.8 Å². The molecule has 100 valence electrons. The summed E-state index contributed by atoms with van der Waals surface area (Å²) in [4.78, 5) is 0. The SMILES string of the molecule is CCc1nn(CCS(=O)(=O)CC)c2n[nH]c(N)c12. The number of nitrogens with two attached hydrogens (primary N) is 1. The number of fused-ring (bicyclic) bond motifs is 1. The predicted octanol–water partition coefficient (Wildman–Crippen LogP) is 0.339. The Labute approximate surface area is 105 Å². The van der Waals surface area contributed by atoms with Gasteiger partial charge in [0.05, 0.1) is 23.4 Å². The van der Waals surface area contributed by atoms with Gasteiger partial charge in [0.25, 0.3) is 0 Å². The number of rotatable bonds is 5. The zero-order valence-electron chi connectivity index (χ0n) is 10.5. The molecule has 0 saturated carbocycles. The summed E-state index contributed by atoms with van der Waals surface area (Å²) in [5, 5.41) is 11.9. The van der Waals surface area contributed by atoms with Gasteiger partial charge in [-0.05, 0) is 6.42 Å². The molecule has 0 bridgehead atoms. The zero-order valence-corrected chi connectivity index (χ0v) is 11.3. The zero-order chi connectivity index (χ0) is 13.3. The van der Waals surface area contributed by atoms with E-state index < -0.39 is 9.84 Å². The average Bonchev–Trinajstić information content (AvgIpc) is 2.88. The number of nitrogen functional groups attached to an aromatic ring is 1. The number of nitrogens with one attached hydrogen (secondary N) is 1. The number of aromatic nitrogens is 4. The highest BCUT2D eigenvalue weighted by atomic mass is 32.2. The van der Waals surface area contributed by atoms with Crippen LogP contribution in [-0.4, -0.2) is 39.9 Å². The fourth-order valence-electron chi connectivity index (χ4n) is 1.83. The van der Waals surface area contributed by atoms with Crippen molar-refractivity contribution >= 4 is 26.7 Å². The normalized spacial score (nSPS) is 12.3. The molecule has 2 heterocycles. The van der Waals surface area contributed by atoms with Gasteiger partial charge in [-0.15, -0.1) is 0 Å². The fourth-order valence-corrected chi connectivity index (χ4v) is 2.57. The van der Waals surface area contributed by atoms with Crippen LogP contribution in [0.2, 0.25) is 0 Å². The first-order valence-corrected chi connectivity index (χ1v) is 7.70. The van der Waals surface area contributed by atoms with E-state index in [1.54, 1.807) is 11.6 Å². The van der Waals surface area contributed by atoms with Crippen LogP contribution in [0, 0.1) is 0 Å². The summed E-state index contributed by atoms with van der Waals surface area (Å²) >= 11 is 0. The second-order valence-corrected chi connectivity index (χ2v) is 6.57. The van der Waals surface area contributed by atoms with Gasteiger partial charge in [-0.3, -0.25) is 5.10 Å². The number of hydrogen-bond donors (Lipinski definition) is 2. The molecule has 0 aliphatic rings. The van der Waals surface area contributed by atoms with E-state index in [0.29, 0.717) is 18.0 Å². The molecular formula is C10H17N5O2S. The van der Waals surface area contributed by atoms with E-state index in [2.05, 4.69) is 15.3 Å². The van der Waals surface area contributed by atoms with Crippen LogP contribution in [0.1, 0.15) is 19.5 Å². The summed E-state index contributed by atoms with van der Waals surface area (Å²) in [6.07, 6.45) is 0.730. The van der Waals surface area contributed by atoms with Gasteiger partial charge in [0, 0.05) is 5.75 Å². The summed E-state index contributed by atoms with van der Waals surface area (Å²) in [5.41, 5.74) is 7.24. The van der Waals surface area contributed by atoms with E-state index in [-0.39, 0.29) is 11.5 Å². The van der Waals surface area contributed by atoms with Crippen molar-refractivity contribution < 1.29 is 8.42 Å². The molecule has 0 spiro atoms. The Morgan fingerprint density at radius 1 is 1.39 bits per heavy atom. The van der Waals surface area contributed by atoms with Crippen molar-refractivity contribution in [3.05, 3.63) is 5.69 Å². The Morgan fingerprint density at radius 3 is 2.72 bits per heavy atom. The summed E-state index contributed by atoms with van der Waals surface area (Å²) in [6, 6.07) is 0. The maximum atomic E-state index is 11.5. The van der Waals surface area contributed by atoms with Crippen molar-refractivity contribution in [1.82, 2.24) is 20.0 Å². The Bertz CT molecular complexity index is 655. The number of nitrogens with zero attached hydrogens (tertiary/aromatic N) is 3. The monoisotopic (exact) mass is 271 g/mol. The molecule has 0 aliphatic heterocycles. The molecule has 2 aromatic heterocycles. The molecule has 3 N–H and O–H groups in total.